The number of methoxy groups -OCH3 is 1. The number of aromatic nitrogens is 2. The number of aryl methyl sites for hydroxylation is 1. The Morgan fingerprint density at radius 1 is 1.43 bits per heavy atom. The molecule has 0 bridgehead atoms. The summed E-state index contributed by atoms with van der Waals surface area (Å²) in [4.78, 5) is 16.5. The molecule has 6 heteroatoms. The van der Waals surface area contributed by atoms with E-state index in [-0.39, 0.29) is 11.9 Å². The molecule has 0 aromatic carbocycles. The molecule has 0 amide bonds. The SMILES string of the molecule is COC(=O)C(c1nc(-c2ccoc2C)no1)C1CCCC1. The second kappa shape index (κ2) is 5.71. The Bertz CT molecular complexity index is 625. The summed E-state index contributed by atoms with van der Waals surface area (Å²) in [5.41, 5.74) is 0.778. The Labute approximate surface area is 122 Å². The number of furan rings is 1. The van der Waals surface area contributed by atoms with Crippen LogP contribution in [0, 0.1) is 12.8 Å². The second-order valence-electron chi connectivity index (χ2n) is 5.39. The lowest BCUT2D eigenvalue weighted by atomic mass is 9.91. The molecule has 112 valence electrons. The molecule has 1 aliphatic carbocycles. The lowest BCUT2D eigenvalue weighted by Gasteiger charge is -2.16. The maximum absolute atomic E-state index is 12.1. The van der Waals surface area contributed by atoms with E-state index in [1.165, 1.54) is 7.11 Å². The van der Waals surface area contributed by atoms with Gasteiger partial charge in [0.25, 0.3) is 0 Å². The summed E-state index contributed by atoms with van der Waals surface area (Å²) in [5, 5.41) is 3.97. The molecule has 6 nitrogen and oxygen atoms in total. The van der Waals surface area contributed by atoms with E-state index < -0.39 is 5.92 Å². The molecule has 2 aromatic heterocycles. The number of rotatable bonds is 4. The summed E-state index contributed by atoms with van der Waals surface area (Å²) in [6.07, 6.45) is 5.81. The maximum Gasteiger partial charge on any atom is 0.318 e. The largest absolute Gasteiger partial charge is 0.469 e. The van der Waals surface area contributed by atoms with Gasteiger partial charge in [0.15, 0.2) is 0 Å². The fraction of sp³-hybridized carbons (Fsp3) is 0.533. The maximum atomic E-state index is 12.1. The van der Waals surface area contributed by atoms with Crippen LogP contribution >= 0.6 is 0 Å². The van der Waals surface area contributed by atoms with Crippen LogP contribution < -0.4 is 0 Å². The Morgan fingerprint density at radius 2 is 2.19 bits per heavy atom. The lowest BCUT2D eigenvalue weighted by Crippen LogP contribution is -2.21. The molecular formula is C15H18N2O4. The number of hydrogen-bond donors (Lipinski definition) is 0. The third kappa shape index (κ3) is 2.57. The van der Waals surface area contributed by atoms with Crippen LogP contribution in [0.1, 0.15) is 43.3 Å². The minimum Gasteiger partial charge on any atom is -0.469 e. The fourth-order valence-electron chi connectivity index (χ4n) is 3.00. The van der Waals surface area contributed by atoms with Crippen molar-refractivity contribution in [2.75, 3.05) is 7.11 Å². The van der Waals surface area contributed by atoms with Gasteiger partial charge in [-0.3, -0.25) is 4.79 Å². The van der Waals surface area contributed by atoms with Gasteiger partial charge in [0.2, 0.25) is 11.7 Å². The summed E-state index contributed by atoms with van der Waals surface area (Å²) in [7, 11) is 1.39. The molecular weight excluding hydrogens is 272 g/mol. The molecule has 21 heavy (non-hydrogen) atoms. The van der Waals surface area contributed by atoms with Crippen molar-refractivity contribution in [3.8, 4) is 11.4 Å². The van der Waals surface area contributed by atoms with E-state index in [4.69, 9.17) is 13.7 Å². The zero-order chi connectivity index (χ0) is 14.8. The van der Waals surface area contributed by atoms with Gasteiger partial charge in [0, 0.05) is 0 Å². The van der Waals surface area contributed by atoms with Crippen LogP contribution in [0.15, 0.2) is 21.3 Å². The standard InChI is InChI=1S/C15H18N2O4/c1-9-11(7-8-20-9)13-16-14(21-17-13)12(15(18)19-2)10-5-3-4-6-10/h7-8,10,12H,3-6H2,1-2H3. The fourth-order valence-corrected chi connectivity index (χ4v) is 3.00. The number of hydrogen-bond acceptors (Lipinski definition) is 6. The lowest BCUT2D eigenvalue weighted by molar-refractivity contribution is -0.144. The minimum atomic E-state index is -0.467. The first-order chi connectivity index (χ1) is 10.2. The van der Waals surface area contributed by atoms with Gasteiger partial charge >= 0.3 is 5.97 Å². The van der Waals surface area contributed by atoms with Crippen molar-refractivity contribution < 1.29 is 18.5 Å². The van der Waals surface area contributed by atoms with Gasteiger partial charge in [-0.1, -0.05) is 18.0 Å². The molecule has 2 heterocycles. The quantitative estimate of drug-likeness (QED) is 0.805. The van der Waals surface area contributed by atoms with Crippen molar-refractivity contribution in [1.29, 1.82) is 0 Å². The molecule has 1 saturated carbocycles. The molecule has 3 rings (SSSR count). The molecule has 1 aliphatic rings. The molecule has 0 spiro atoms. The van der Waals surface area contributed by atoms with Crippen molar-refractivity contribution >= 4 is 5.97 Å². The highest BCUT2D eigenvalue weighted by Crippen LogP contribution is 2.38. The predicted molar refractivity (Wildman–Crippen MR) is 73.5 cm³/mol. The van der Waals surface area contributed by atoms with Gasteiger partial charge < -0.3 is 13.7 Å². The van der Waals surface area contributed by atoms with Crippen LogP contribution in [0.25, 0.3) is 11.4 Å². The first kappa shape index (κ1) is 13.9. The van der Waals surface area contributed by atoms with Gasteiger partial charge in [-0.15, -0.1) is 0 Å². The highest BCUT2D eigenvalue weighted by molar-refractivity contribution is 5.77. The summed E-state index contributed by atoms with van der Waals surface area (Å²) < 4.78 is 15.5. The van der Waals surface area contributed by atoms with E-state index in [0.29, 0.717) is 11.7 Å². The molecule has 0 N–H and O–H groups in total. The van der Waals surface area contributed by atoms with E-state index >= 15 is 0 Å². The van der Waals surface area contributed by atoms with Crippen LogP contribution in [0.5, 0.6) is 0 Å². The topological polar surface area (TPSA) is 78.4 Å². The Morgan fingerprint density at radius 3 is 2.81 bits per heavy atom. The zero-order valence-corrected chi connectivity index (χ0v) is 12.2. The molecule has 0 radical (unpaired) electrons. The smallest absolute Gasteiger partial charge is 0.318 e. The molecule has 0 saturated heterocycles. The molecule has 1 atom stereocenters. The zero-order valence-electron chi connectivity index (χ0n) is 12.2. The van der Waals surface area contributed by atoms with Gasteiger partial charge in [-0.2, -0.15) is 4.98 Å². The molecule has 1 fully saturated rings. The molecule has 2 aromatic rings. The van der Waals surface area contributed by atoms with E-state index in [9.17, 15) is 4.79 Å². The number of carbonyl (C=O) groups is 1. The van der Waals surface area contributed by atoms with Gasteiger partial charge in [-0.25, -0.2) is 0 Å². The minimum absolute atomic E-state index is 0.219. The van der Waals surface area contributed by atoms with Crippen molar-refractivity contribution in [2.24, 2.45) is 5.92 Å². The second-order valence-corrected chi connectivity index (χ2v) is 5.39. The van der Waals surface area contributed by atoms with Crippen LogP contribution in [0.2, 0.25) is 0 Å². The van der Waals surface area contributed by atoms with E-state index in [2.05, 4.69) is 10.1 Å². The number of nitrogens with zero attached hydrogens (tertiary/aromatic N) is 2. The van der Waals surface area contributed by atoms with Crippen LogP contribution in [0.4, 0.5) is 0 Å². The number of esters is 1. The highest BCUT2D eigenvalue weighted by atomic mass is 16.5. The van der Waals surface area contributed by atoms with Crippen molar-refractivity contribution in [3.05, 3.63) is 24.0 Å². The highest BCUT2D eigenvalue weighted by Gasteiger charge is 2.37. The Balaban J connectivity index is 1.91. The first-order valence-corrected chi connectivity index (χ1v) is 7.16. The normalized spacial score (nSPS) is 17.0. The van der Waals surface area contributed by atoms with Crippen molar-refractivity contribution in [1.82, 2.24) is 10.1 Å². The average molecular weight is 290 g/mol. The van der Waals surface area contributed by atoms with Crippen molar-refractivity contribution in [3.63, 3.8) is 0 Å². The van der Waals surface area contributed by atoms with Gasteiger partial charge in [0.1, 0.15) is 11.7 Å². The Kier molecular flexibility index (Phi) is 3.77. The van der Waals surface area contributed by atoms with Crippen LogP contribution in [-0.4, -0.2) is 23.2 Å². The number of carbonyl (C=O) groups excluding carboxylic acids is 1. The summed E-state index contributed by atoms with van der Waals surface area (Å²) in [6.45, 7) is 1.83. The summed E-state index contributed by atoms with van der Waals surface area (Å²) >= 11 is 0. The van der Waals surface area contributed by atoms with Crippen LogP contribution in [0.3, 0.4) is 0 Å². The average Bonchev–Trinajstić information content (AvgIpc) is 3.20. The van der Waals surface area contributed by atoms with Gasteiger partial charge in [-0.05, 0) is 31.7 Å². The van der Waals surface area contributed by atoms with E-state index in [1.807, 2.05) is 6.92 Å². The number of ether oxygens (including phenoxy) is 1. The van der Waals surface area contributed by atoms with Crippen molar-refractivity contribution in [2.45, 2.75) is 38.5 Å². The third-order valence-corrected chi connectivity index (χ3v) is 4.13. The predicted octanol–water partition coefficient (Wildman–Crippen LogP) is 3.08. The summed E-state index contributed by atoms with van der Waals surface area (Å²) in [6, 6.07) is 1.78. The first-order valence-electron chi connectivity index (χ1n) is 7.16. The van der Waals surface area contributed by atoms with Crippen LogP contribution in [-0.2, 0) is 9.53 Å². The van der Waals surface area contributed by atoms with E-state index in [0.717, 1.165) is 37.0 Å². The van der Waals surface area contributed by atoms with Gasteiger partial charge in [0.05, 0.1) is 18.9 Å². The Hall–Kier alpha value is -2.11. The monoisotopic (exact) mass is 290 g/mol. The summed E-state index contributed by atoms with van der Waals surface area (Å²) in [5.74, 6) is 0.952. The molecule has 0 aliphatic heterocycles. The third-order valence-electron chi connectivity index (χ3n) is 4.13. The van der Waals surface area contributed by atoms with E-state index in [1.54, 1.807) is 12.3 Å². The molecule has 1 unspecified atom stereocenters.